The highest BCUT2D eigenvalue weighted by molar-refractivity contribution is 7.80. The van der Waals surface area contributed by atoms with Gasteiger partial charge in [0.15, 0.2) is 5.11 Å². The van der Waals surface area contributed by atoms with Crippen LogP contribution in [0, 0.1) is 17.2 Å². The van der Waals surface area contributed by atoms with E-state index in [9.17, 15) is 37.6 Å². The van der Waals surface area contributed by atoms with Crippen LogP contribution in [-0.2, 0) is 30.1 Å². The molecule has 306 valence electrons. The number of hydrogen-bond acceptors (Lipinski definition) is 9. The fraction of sp³-hybridized carbons (Fsp3) is 0.585. The van der Waals surface area contributed by atoms with Gasteiger partial charge >= 0.3 is 6.18 Å². The first-order valence-electron chi connectivity index (χ1n) is 19.7. The number of piperidine rings is 2. The maximum Gasteiger partial charge on any atom is 0.417 e. The molecule has 12 nitrogen and oxygen atoms in total. The van der Waals surface area contributed by atoms with Gasteiger partial charge in [0.25, 0.3) is 5.91 Å². The van der Waals surface area contributed by atoms with Crippen LogP contribution in [0.5, 0.6) is 0 Å². The Balaban J connectivity index is 0.929. The Morgan fingerprint density at radius 3 is 2.42 bits per heavy atom. The Hall–Kier alpha value is -4.46. The van der Waals surface area contributed by atoms with E-state index in [-0.39, 0.29) is 65.7 Å². The summed E-state index contributed by atoms with van der Waals surface area (Å²) in [5, 5.41) is 14.6. The Bertz CT molecular complexity index is 1920. The molecule has 0 bridgehead atoms. The summed E-state index contributed by atoms with van der Waals surface area (Å²) in [6.45, 7) is 8.54. The molecule has 0 spiro atoms. The van der Waals surface area contributed by atoms with Crippen LogP contribution in [-0.4, -0.2) is 86.4 Å². The minimum atomic E-state index is -4.75. The van der Waals surface area contributed by atoms with Crippen molar-refractivity contribution in [2.75, 3.05) is 23.4 Å². The molecular formula is C41H50F3N7O5S. The standard InChI is InChI=1S/C41H50F3N7O5S/c1-24-18-31(19-25(2)49(24)23-36(53)47-34-20-27(15-16-46-34)32-13-14-35(52)48-37(32)54)56-17-5-6-26-7-10-29(11-8-26)51-39(57)50(38(55)40(51,3)4)30-12-9-28(22-45)33(21-30)41(42,43)44/h9,12,15-16,20-21,24-26,29,31-32H,5-8,10-11,13-14,17-19,23H2,1-4H3,(H,46,47,53)(H,48,52,54)/t24-,25+,26-,29-,31+,32?. The molecule has 1 aromatic heterocycles. The lowest BCUT2D eigenvalue weighted by atomic mass is 9.82. The molecule has 1 saturated carbocycles. The number of benzene rings is 1. The van der Waals surface area contributed by atoms with Crippen molar-refractivity contribution in [3.63, 3.8) is 0 Å². The second-order valence-electron chi connectivity index (χ2n) is 16.4. The number of amides is 4. The number of nitrogens with zero attached hydrogens (tertiary/aromatic N) is 5. The van der Waals surface area contributed by atoms with Gasteiger partial charge in [-0.05, 0) is 140 Å². The Labute approximate surface area is 336 Å². The van der Waals surface area contributed by atoms with Gasteiger partial charge in [-0.2, -0.15) is 18.4 Å². The zero-order valence-electron chi connectivity index (χ0n) is 32.7. The van der Waals surface area contributed by atoms with Crippen LogP contribution >= 0.6 is 12.2 Å². The number of anilines is 2. The van der Waals surface area contributed by atoms with Crippen LogP contribution in [0.4, 0.5) is 24.7 Å². The van der Waals surface area contributed by atoms with Crippen LogP contribution in [0.3, 0.4) is 0 Å². The van der Waals surface area contributed by atoms with Gasteiger partial charge in [-0.1, -0.05) is 0 Å². The molecule has 1 aliphatic carbocycles. The van der Waals surface area contributed by atoms with E-state index < -0.39 is 34.7 Å². The van der Waals surface area contributed by atoms with E-state index in [4.69, 9.17) is 17.0 Å². The van der Waals surface area contributed by atoms with Gasteiger partial charge in [-0.3, -0.25) is 34.3 Å². The van der Waals surface area contributed by atoms with E-state index >= 15 is 0 Å². The highest BCUT2D eigenvalue weighted by Gasteiger charge is 2.52. The Kier molecular flexibility index (Phi) is 12.7. The van der Waals surface area contributed by atoms with E-state index in [0.29, 0.717) is 30.3 Å². The lowest BCUT2D eigenvalue weighted by Crippen LogP contribution is -2.51. The molecule has 4 amide bonds. The molecule has 6 rings (SSSR count). The first kappa shape index (κ1) is 42.2. The van der Waals surface area contributed by atoms with Crippen molar-refractivity contribution in [2.45, 2.75) is 134 Å². The van der Waals surface area contributed by atoms with Crippen molar-refractivity contribution in [3.05, 3.63) is 53.2 Å². The minimum absolute atomic E-state index is 0.00428. The SMILES string of the molecule is C[C@@H]1C[C@H](OCCC[C@H]2CC[C@H](N3C(=S)N(c4ccc(C#N)c(C(F)(F)F)c4)C(=O)C3(C)C)CC2)C[C@H](C)N1CC(=O)Nc1cc(C2CCC(=O)NC2=O)ccn1. The Morgan fingerprint density at radius 1 is 1.07 bits per heavy atom. The summed E-state index contributed by atoms with van der Waals surface area (Å²) in [6.07, 6.45) is 4.56. The molecule has 2 N–H and O–H groups in total. The zero-order chi connectivity index (χ0) is 41.2. The van der Waals surface area contributed by atoms with Crippen molar-refractivity contribution in [1.82, 2.24) is 20.1 Å². The van der Waals surface area contributed by atoms with Crippen LogP contribution in [0.1, 0.15) is 115 Å². The lowest BCUT2D eigenvalue weighted by molar-refractivity contribution is -0.138. The third-order valence-electron chi connectivity index (χ3n) is 12.1. The maximum atomic E-state index is 13.7. The third kappa shape index (κ3) is 9.31. The van der Waals surface area contributed by atoms with Gasteiger partial charge in [0, 0.05) is 37.4 Å². The van der Waals surface area contributed by atoms with Gasteiger partial charge < -0.3 is 15.0 Å². The number of alkyl halides is 3. The summed E-state index contributed by atoms with van der Waals surface area (Å²) in [7, 11) is 0. The molecule has 3 aliphatic heterocycles. The second-order valence-corrected chi connectivity index (χ2v) is 16.7. The smallest absolute Gasteiger partial charge is 0.378 e. The number of nitrogens with one attached hydrogen (secondary N) is 2. The number of carbonyl (C=O) groups is 4. The molecule has 57 heavy (non-hydrogen) atoms. The fourth-order valence-corrected chi connectivity index (χ4v) is 9.64. The van der Waals surface area contributed by atoms with E-state index in [0.717, 1.165) is 63.5 Å². The number of thiocarbonyl (C=S) groups is 1. The molecule has 4 fully saturated rings. The molecule has 2 aromatic rings. The van der Waals surface area contributed by atoms with E-state index in [1.54, 1.807) is 38.2 Å². The molecule has 4 atom stereocenters. The molecule has 4 aliphatic rings. The molecule has 3 saturated heterocycles. The van der Waals surface area contributed by atoms with Crippen LogP contribution in [0.25, 0.3) is 0 Å². The summed E-state index contributed by atoms with van der Waals surface area (Å²) in [6, 6.07) is 8.47. The number of carbonyl (C=O) groups excluding carboxylic acids is 4. The number of imide groups is 1. The summed E-state index contributed by atoms with van der Waals surface area (Å²) < 4.78 is 47.5. The first-order chi connectivity index (χ1) is 27.0. The van der Waals surface area contributed by atoms with Crippen LogP contribution in [0.2, 0.25) is 0 Å². The molecule has 1 unspecified atom stereocenters. The number of nitriles is 1. The summed E-state index contributed by atoms with van der Waals surface area (Å²) in [4.78, 5) is 60.1. The fourth-order valence-electron chi connectivity index (χ4n) is 9.07. The number of likely N-dealkylation sites (tertiary alicyclic amines) is 1. The van der Waals surface area contributed by atoms with Gasteiger partial charge in [0.1, 0.15) is 11.4 Å². The van der Waals surface area contributed by atoms with Crippen molar-refractivity contribution < 1.29 is 37.1 Å². The summed E-state index contributed by atoms with van der Waals surface area (Å²) >= 11 is 5.75. The monoisotopic (exact) mass is 809 g/mol. The quantitative estimate of drug-likeness (QED) is 0.148. The largest absolute Gasteiger partial charge is 0.417 e. The van der Waals surface area contributed by atoms with Crippen LogP contribution in [0.15, 0.2) is 36.5 Å². The van der Waals surface area contributed by atoms with Gasteiger partial charge in [-0.25, -0.2) is 4.98 Å². The number of pyridine rings is 1. The van der Waals surface area contributed by atoms with Gasteiger partial charge in [0.05, 0.1) is 41.5 Å². The third-order valence-corrected chi connectivity index (χ3v) is 12.4. The van der Waals surface area contributed by atoms with Crippen molar-refractivity contribution in [3.8, 4) is 6.07 Å². The molecule has 0 radical (unpaired) electrons. The number of hydrogen-bond donors (Lipinski definition) is 2. The molecule has 4 heterocycles. The highest BCUT2D eigenvalue weighted by atomic mass is 32.1. The van der Waals surface area contributed by atoms with Crippen molar-refractivity contribution in [1.29, 1.82) is 5.26 Å². The van der Waals surface area contributed by atoms with Crippen molar-refractivity contribution in [2.24, 2.45) is 5.92 Å². The predicted molar refractivity (Wildman–Crippen MR) is 210 cm³/mol. The van der Waals surface area contributed by atoms with Gasteiger partial charge in [0.2, 0.25) is 17.7 Å². The summed E-state index contributed by atoms with van der Waals surface area (Å²) in [5.74, 6) is -0.818. The van der Waals surface area contributed by atoms with Crippen molar-refractivity contribution >= 4 is 52.5 Å². The molecule has 16 heteroatoms. The minimum Gasteiger partial charge on any atom is -0.378 e. The topological polar surface area (TPSA) is 148 Å². The second kappa shape index (κ2) is 17.2. The predicted octanol–water partition coefficient (Wildman–Crippen LogP) is 6.44. The first-order valence-corrected chi connectivity index (χ1v) is 20.1. The van der Waals surface area contributed by atoms with Crippen LogP contribution < -0.4 is 15.5 Å². The van der Waals surface area contributed by atoms with E-state index in [1.165, 1.54) is 11.0 Å². The number of ether oxygens (including phenoxy) is 1. The average Bonchev–Trinajstić information content (AvgIpc) is 3.33. The lowest BCUT2D eigenvalue weighted by Gasteiger charge is -2.42. The normalized spacial score (nSPS) is 27.0. The number of aromatic nitrogens is 1. The summed E-state index contributed by atoms with van der Waals surface area (Å²) in [5.41, 5.74) is -1.94. The molecular weight excluding hydrogens is 760 g/mol. The molecule has 1 aromatic carbocycles. The van der Waals surface area contributed by atoms with Gasteiger partial charge in [-0.15, -0.1) is 0 Å². The van der Waals surface area contributed by atoms with E-state index in [1.807, 2.05) is 4.90 Å². The zero-order valence-corrected chi connectivity index (χ0v) is 33.5. The maximum absolute atomic E-state index is 13.7. The number of rotatable bonds is 11. The highest BCUT2D eigenvalue weighted by Crippen LogP contribution is 2.41. The van der Waals surface area contributed by atoms with E-state index in [2.05, 4.69) is 34.4 Å². The number of halogens is 3. The Morgan fingerprint density at radius 2 is 1.77 bits per heavy atom. The average molecular weight is 810 g/mol.